The number of ether oxygens (including phenoxy) is 1. The van der Waals surface area contributed by atoms with Crippen LogP contribution in [-0.2, 0) is 4.79 Å². The van der Waals surface area contributed by atoms with Crippen molar-refractivity contribution in [1.29, 1.82) is 0 Å². The Morgan fingerprint density at radius 2 is 2.00 bits per heavy atom. The summed E-state index contributed by atoms with van der Waals surface area (Å²) in [5.74, 6) is 0.566. The van der Waals surface area contributed by atoms with E-state index >= 15 is 0 Å². The maximum atomic E-state index is 12.9. The van der Waals surface area contributed by atoms with Crippen LogP contribution in [0, 0.1) is 5.82 Å². The van der Waals surface area contributed by atoms with Gasteiger partial charge in [0.05, 0.1) is 13.1 Å². The highest BCUT2D eigenvalue weighted by Crippen LogP contribution is 2.19. The second kappa shape index (κ2) is 7.49. The fourth-order valence-corrected chi connectivity index (χ4v) is 3.31. The van der Waals surface area contributed by atoms with Gasteiger partial charge in [0.25, 0.3) is 0 Å². The van der Waals surface area contributed by atoms with Crippen molar-refractivity contribution >= 4 is 5.91 Å². The second-order valence-electron chi connectivity index (χ2n) is 6.93. The van der Waals surface area contributed by atoms with Crippen molar-refractivity contribution in [3.8, 4) is 5.75 Å². The molecule has 2 fully saturated rings. The van der Waals surface area contributed by atoms with Gasteiger partial charge in [-0.3, -0.25) is 4.79 Å². The number of hydrogen-bond acceptors (Lipinski definition) is 4. The number of likely N-dealkylation sites (tertiary alicyclic amines) is 2. The third kappa shape index (κ3) is 4.24. The molecule has 5 nitrogen and oxygen atoms in total. The highest BCUT2D eigenvalue weighted by Gasteiger charge is 2.32. The molecule has 1 amide bonds. The number of likely N-dealkylation sites (N-methyl/N-ethyl adjacent to an activating group) is 2. The van der Waals surface area contributed by atoms with Crippen LogP contribution < -0.4 is 4.74 Å². The summed E-state index contributed by atoms with van der Waals surface area (Å²) in [4.78, 5) is 18.7. The van der Waals surface area contributed by atoms with Crippen LogP contribution >= 0.6 is 0 Å². The number of amides is 1. The van der Waals surface area contributed by atoms with E-state index in [9.17, 15) is 9.18 Å². The largest absolute Gasteiger partial charge is 0.487 e. The molecular formula is C18H26FN3O2. The lowest BCUT2D eigenvalue weighted by Gasteiger charge is -2.39. The smallest absolute Gasteiger partial charge is 0.224 e. The van der Waals surface area contributed by atoms with Crippen LogP contribution in [-0.4, -0.2) is 79.6 Å². The first-order valence-corrected chi connectivity index (χ1v) is 8.60. The number of carbonyl (C=O) groups is 1. The third-order valence-electron chi connectivity index (χ3n) is 4.99. The lowest BCUT2D eigenvalue weighted by molar-refractivity contribution is -0.140. The molecule has 1 atom stereocenters. The minimum Gasteiger partial charge on any atom is -0.487 e. The number of nitrogens with zero attached hydrogens (tertiary/aromatic N) is 3. The zero-order valence-electron chi connectivity index (χ0n) is 14.4. The van der Waals surface area contributed by atoms with Crippen LogP contribution in [0.5, 0.6) is 5.75 Å². The van der Waals surface area contributed by atoms with Gasteiger partial charge in [-0.2, -0.15) is 0 Å². The molecule has 2 aliphatic heterocycles. The molecule has 2 heterocycles. The molecule has 0 bridgehead atoms. The molecule has 0 spiro atoms. The second-order valence-corrected chi connectivity index (χ2v) is 6.93. The van der Waals surface area contributed by atoms with E-state index in [1.165, 1.54) is 18.6 Å². The van der Waals surface area contributed by atoms with Crippen LogP contribution in [0.25, 0.3) is 0 Å². The average molecular weight is 335 g/mol. The molecule has 6 heteroatoms. The van der Waals surface area contributed by atoms with E-state index in [1.54, 1.807) is 12.1 Å². The van der Waals surface area contributed by atoms with Crippen LogP contribution in [0.1, 0.15) is 12.8 Å². The minimum absolute atomic E-state index is 0.0145. The zero-order chi connectivity index (χ0) is 17.1. The molecule has 1 unspecified atom stereocenters. The molecule has 0 N–H and O–H groups in total. The zero-order valence-corrected chi connectivity index (χ0v) is 14.4. The van der Waals surface area contributed by atoms with Crippen LogP contribution in [0.2, 0.25) is 0 Å². The van der Waals surface area contributed by atoms with E-state index in [0.29, 0.717) is 31.3 Å². The summed E-state index contributed by atoms with van der Waals surface area (Å²) >= 11 is 0. The van der Waals surface area contributed by atoms with Gasteiger partial charge in [-0.05, 0) is 51.3 Å². The molecule has 0 aromatic heterocycles. The Kier molecular flexibility index (Phi) is 5.36. The Morgan fingerprint density at radius 1 is 1.29 bits per heavy atom. The first-order chi connectivity index (χ1) is 11.5. The fourth-order valence-electron chi connectivity index (χ4n) is 3.31. The standard InChI is InChI=1S/C18H26FN3O2/c1-20-9-7-15(11-20)21(2)10-8-18(23)22-12-17(13-22)24-16-5-3-14(19)4-6-16/h3-6,15,17H,7-13H2,1-2H3. The molecule has 0 aliphatic carbocycles. The van der Waals surface area contributed by atoms with Crippen LogP contribution in [0.4, 0.5) is 4.39 Å². The van der Waals surface area contributed by atoms with Crippen molar-refractivity contribution < 1.29 is 13.9 Å². The Bertz CT molecular complexity index is 560. The summed E-state index contributed by atoms with van der Waals surface area (Å²) < 4.78 is 18.6. The molecule has 1 aromatic rings. The maximum absolute atomic E-state index is 12.9. The van der Waals surface area contributed by atoms with Gasteiger partial charge in [-0.15, -0.1) is 0 Å². The number of benzene rings is 1. The van der Waals surface area contributed by atoms with E-state index in [1.807, 2.05) is 4.90 Å². The van der Waals surface area contributed by atoms with Gasteiger partial charge >= 0.3 is 0 Å². The van der Waals surface area contributed by atoms with Crippen LogP contribution in [0.15, 0.2) is 24.3 Å². The van der Waals surface area contributed by atoms with E-state index in [4.69, 9.17) is 4.74 Å². The van der Waals surface area contributed by atoms with Gasteiger partial charge in [-0.25, -0.2) is 4.39 Å². The lowest BCUT2D eigenvalue weighted by Crippen LogP contribution is -2.56. The van der Waals surface area contributed by atoms with E-state index in [2.05, 4.69) is 23.9 Å². The van der Waals surface area contributed by atoms with Gasteiger partial charge in [0.1, 0.15) is 17.7 Å². The Morgan fingerprint density at radius 3 is 2.62 bits per heavy atom. The summed E-state index contributed by atoms with van der Waals surface area (Å²) in [5, 5.41) is 0. The summed E-state index contributed by atoms with van der Waals surface area (Å²) in [5.41, 5.74) is 0. The topological polar surface area (TPSA) is 36.0 Å². The van der Waals surface area contributed by atoms with Crippen molar-refractivity contribution in [3.63, 3.8) is 0 Å². The SMILES string of the molecule is CN1CCC(N(C)CCC(=O)N2CC(Oc3ccc(F)cc3)C2)C1. The summed E-state index contributed by atoms with van der Waals surface area (Å²) in [6, 6.07) is 6.56. The highest BCUT2D eigenvalue weighted by molar-refractivity contribution is 5.77. The molecule has 0 radical (unpaired) electrons. The predicted molar refractivity (Wildman–Crippen MR) is 90.5 cm³/mol. The van der Waals surface area contributed by atoms with E-state index < -0.39 is 0 Å². The molecule has 24 heavy (non-hydrogen) atoms. The Labute approximate surface area is 143 Å². The van der Waals surface area contributed by atoms with Gasteiger partial charge in [-0.1, -0.05) is 0 Å². The quantitative estimate of drug-likeness (QED) is 0.788. The lowest BCUT2D eigenvalue weighted by atomic mass is 10.1. The van der Waals surface area contributed by atoms with Gasteiger partial charge in [0.2, 0.25) is 5.91 Å². The van der Waals surface area contributed by atoms with E-state index in [0.717, 1.165) is 19.6 Å². The molecule has 2 saturated heterocycles. The van der Waals surface area contributed by atoms with Crippen molar-refractivity contribution in [2.45, 2.75) is 25.0 Å². The van der Waals surface area contributed by atoms with Gasteiger partial charge < -0.3 is 19.4 Å². The third-order valence-corrected chi connectivity index (χ3v) is 4.99. The molecular weight excluding hydrogens is 309 g/mol. The minimum atomic E-state index is -0.273. The molecule has 2 aliphatic rings. The number of rotatable bonds is 6. The predicted octanol–water partition coefficient (Wildman–Crippen LogP) is 1.44. The van der Waals surface area contributed by atoms with E-state index in [-0.39, 0.29) is 17.8 Å². The van der Waals surface area contributed by atoms with Crippen molar-refractivity contribution in [3.05, 3.63) is 30.1 Å². The molecule has 132 valence electrons. The monoisotopic (exact) mass is 335 g/mol. The molecule has 3 rings (SSSR count). The number of halogens is 1. The summed E-state index contributed by atoms with van der Waals surface area (Å²) in [6.45, 7) is 4.26. The first kappa shape index (κ1) is 17.2. The first-order valence-electron chi connectivity index (χ1n) is 8.60. The number of hydrogen-bond donors (Lipinski definition) is 0. The molecule has 0 saturated carbocycles. The summed E-state index contributed by atoms with van der Waals surface area (Å²) in [6.07, 6.45) is 1.75. The Balaban J connectivity index is 1.35. The number of carbonyl (C=O) groups excluding carboxylic acids is 1. The van der Waals surface area contributed by atoms with Crippen LogP contribution in [0.3, 0.4) is 0 Å². The van der Waals surface area contributed by atoms with Gasteiger partial charge in [0, 0.05) is 25.6 Å². The van der Waals surface area contributed by atoms with Crippen molar-refractivity contribution in [2.24, 2.45) is 0 Å². The molecule has 1 aromatic carbocycles. The Hall–Kier alpha value is -1.66. The van der Waals surface area contributed by atoms with Crippen molar-refractivity contribution in [1.82, 2.24) is 14.7 Å². The normalized spacial score (nSPS) is 22.0. The maximum Gasteiger partial charge on any atom is 0.224 e. The highest BCUT2D eigenvalue weighted by atomic mass is 19.1. The van der Waals surface area contributed by atoms with Crippen molar-refractivity contribution in [2.75, 3.05) is 46.8 Å². The summed E-state index contributed by atoms with van der Waals surface area (Å²) in [7, 11) is 4.24. The van der Waals surface area contributed by atoms with Gasteiger partial charge in [0.15, 0.2) is 0 Å². The average Bonchev–Trinajstić information content (AvgIpc) is 2.96. The fraction of sp³-hybridized carbons (Fsp3) is 0.611.